The van der Waals surface area contributed by atoms with E-state index in [-0.39, 0.29) is 54.5 Å². The number of β-amino-alcohol motifs (C(OH)–C–C–N with tert-alkyl or cyclic N) is 1. The van der Waals surface area contributed by atoms with Gasteiger partial charge in [0.05, 0.1) is 44.6 Å². The number of rotatable bonds is 21. The van der Waals surface area contributed by atoms with Gasteiger partial charge >= 0.3 is 0 Å². The molecule has 1 saturated heterocycles. The molecule has 3 aromatic carbocycles. The number of para-hydroxylation sites is 1. The molecule has 462 valence electrons. The smallest absolute Gasteiger partial charge is 0.270 e. The van der Waals surface area contributed by atoms with Crippen LogP contribution in [0.25, 0.3) is 31.8 Å². The summed E-state index contributed by atoms with van der Waals surface area (Å²) < 4.78 is 3.16. The third-order valence-corrected chi connectivity index (χ3v) is 21.6. The Morgan fingerprint density at radius 1 is 0.830 bits per heavy atom. The van der Waals surface area contributed by atoms with E-state index in [4.69, 9.17) is 10.1 Å². The molecule has 88 heavy (non-hydrogen) atoms. The van der Waals surface area contributed by atoms with Gasteiger partial charge in [0, 0.05) is 67.9 Å². The van der Waals surface area contributed by atoms with Crippen molar-refractivity contribution in [3.8, 4) is 21.6 Å². The molecule has 2 unspecified atom stereocenters. The second-order valence-corrected chi connectivity index (χ2v) is 29.0. The third kappa shape index (κ3) is 12.8. The van der Waals surface area contributed by atoms with E-state index in [9.17, 15) is 29.1 Å². The minimum atomic E-state index is -0.912. The van der Waals surface area contributed by atoms with Crippen LogP contribution in [0.15, 0.2) is 90.6 Å². The van der Waals surface area contributed by atoms with Crippen molar-refractivity contribution < 1.29 is 29.1 Å². The molecular formula is C69H83N11O6S2. The Morgan fingerprint density at radius 3 is 2.33 bits per heavy atom. The number of nitrogens with one attached hydrogen (secondary N) is 4. The molecule has 4 fully saturated rings. The summed E-state index contributed by atoms with van der Waals surface area (Å²) in [5, 5.41) is 28.7. The number of thiazole rings is 2. The average Bonchev–Trinajstić information content (AvgIpc) is 0.868. The van der Waals surface area contributed by atoms with Gasteiger partial charge in [-0.05, 0) is 153 Å². The summed E-state index contributed by atoms with van der Waals surface area (Å²) in [6.45, 7) is 16.5. The Balaban J connectivity index is 0.656. The van der Waals surface area contributed by atoms with Gasteiger partial charge in [-0.1, -0.05) is 107 Å². The highest BCUT2D eigenvalue weighted by Gasteiger charge is 2.59. The summed E-state index contributed by atoms with van der Waals surface area (Å²) in [4.78, 5) is 89.2. The highest BCUT2D eigenvalue weighted by molar-refractivity contribution is 7.22. The van der Waals surface area contributed by atoms with E-state index in [0.717, 1.165) is 116 Å². The molecule has 2 aliphatic heterocycles. The zero-order chi connectivity index (χ0) is 61.6. The van der Waals surface area contributed by atoms with Crippen molar-refractivity contribution in [2.75, 3.05) is 29.9 Å². The van der Waals surface area contributed by atoms with Crippen LogP contribution in [0.3, 0.4) is 0 Å². The molecule has 3 saturated carbocycles. The van der Waals surface area contributed by atoms with Crippen LogP contribution in [-0.4, -0.2) is 102 Å². The number of aliphatic hydroxyl groups excluding tert-OH is 1. The van der Waals surface area contributed by atoms with Gasteiger partial charge < -0.3 is 30.9 Å². The number of carbonyl (C=O) groups is 5. The largest absolute Gasteiger partial charge is 0.391 e. The number of pyridine rings is 1. The summed E-state index contributed by atoms with van der Waals surface area (Å²) in [6.07, 6.45) is 11.1. The zero-order valence-corrected chi connectivity index (χ0v) is 53.4. The van der Waals surface area contributed by atoms with E-state index in [1.54, 1.807) is 11.3 Å². The first-order valence-electron chi connectivity index (χ1n) is 31.7. The molecule has 5 N–H and O–H groups in total. The van der Waals surface area contributed by atoms with Gasteiger partial charge in [-0.3, -0.25) is 34.0 Å². The number of carbonyl (C=O) groups excluding carboxylic acids is 5. The van der Waals surface area contributed by atoms with Gasteiger partial charge in [0.15, 0.2) is 5.13 Å². The van der Waals surface area contributed by atoms with E-state index in [2.05, 4.69) is 60.7 Å². The fourth-order valence-electron chi connectivity index (χ4n) is 15.0. The highest BCUT2D eigenvalue weighted by Crippen LogP contribution is 2.67. The summed E-state index contributed by atoms with van der Waals surface area (Å²) >= 11 is 3.03. The van der Waals surface area contributed by atoms with Crippen molar-refractivity contribution in [2.45, 2.75) is 163 Å². The number of anilines is 2. The SMILES string of the molecule is Cc1ncsc1-c1ccc([C@H](C)NC(=O)[C@@H]2C[C@@H](O)CN2C(=O)[C@@H](NC(=O)CCCCCCCNC(=O)c2nc(N3CCc4cccc(C(=O)Nc5nc6ccccc6s5)c4C3)ccc2-c2cnn(CC3(C)CC4CC5CC(C3)C54)c2C)C(C)(C)C)cc1. The second kappa shape index (κ2) is 25.3. The lowest BCUT2D eigenvalue weighted by atomic mass is 9.40. The predicted octanol–water partition coefficient (Wildman–Crippen LogP) is 11.6. The number of hydrogen-bond acceptors (Lipinski definition) is 13. The number of likely N-dealkylation sites (tertiary alicyclic amines) is 1. The first kappa shape index (κ1) is 60.9. The fourth-order valence-corrected chi connectivity index (χ4v) is 16.7. The quantitative estimate of drug-likeness (QED) is 0.0427. The molecule has 5 amide bonds. The van der Waals surface area contributed by atoms with Crippen LogP contribution in [0.1, 0.15) is 160 Å². The molecule has 17 nitrogen and oxygen atoms in total. The van der Waals surface area contributed by atoms with Crippen molar-refractivity contribution in [1.29, 1.82) is 0 Å². The Labute approximate surface area is 523 Å². The van der Waals surface area contributed by atoms with Gasteiger partial charge in [-0.15, -0.1) is 11.3 Å². The number of unbranched alkanes of at least 4 members (excludes halogenated alkanes) is 4. The number of hydrogen-bond donors (Lipinski definition) is 5. The van der Waals surface area contributed by atoms with Gasteiger partial charge in [-0.25, -0.2) is 15.0 Å². The van der Waals surface area contributed by atoms with Crippen molar-refractivity contribution in [1.82, 2.24) is 45.6 Å². The zero-order valence-electron chi connectivity index (χ0n) is 51.7. The second-order valence-electron chi connectivity index (χ2n) is 27.1. The predicted molar refractivity (Wildman–Crippen MR) is 346 cm³/mol. The molecule has 6 heterocycles. The van der Waals surface area contributed by atoms with Crippen LogP contribution in [-0.2, 0) is 33.9 Å². The molecule has 12 rings (SSSR count). The minimum absolute atomic E-state index is 0.00173. The third-order valence-electron chi connectivity index (χ3n) is 19.7. The van der Waals surface area contributed by atoms with Crippen LogP contribution in [0.2, 0.25) is 0 Å². The number of aromatic nitrogens is 5. The van der Waals surface area contributed by atoms with E-state index in [1.807, 2.05) is 119 Å². The number of benzene rings is 3. The summed E-state index contributed by atoms with van der Waals surface area (Å²) in [6, 6.07) is 23.6. The van der Waals surface area contributed by atoms with Crippen molar-refractivity contribution in [3.05, 3.63) is 130 Å². The molecule has 7 aromatic rings. The molecular weight excluding hydrogens is 1140 g/mol. The van der Waals surface area contributed by atoms with Gasteiger partial charge in [0.1, 0.15) is 23.6 Å². The Bertz CT molecular complexity index is 3700. The highest BCUT2D eigenvalue weighted by atomic mass is 32.1. The van der Waals surface area contributed by atoms with Crippen molar-refractivity contribution in [2.24, 2.45) is 34.5 Å². The fraction of sp³-hybridized carbons (Fsp3) is 0.493. The Morgan fingerprint density at radius 2 is 1.59 bits per heavy atom. The number of amides is 5. The molecule has 4 aromatic heterocycles. The molecule has 19 heteroatoms. The van der Waals surface area contributed by atoms with E-state index < -0.39 is 29.5 Å². The number of fused-ring (bicyclic) bond motifs is 2. The average molecular weight is 1230 g/mol. The van der Waals surface area contributed by atoms with E-state index in [0.29, 0.717) is 54.7 Å². The lowest BCUT2D eigenvalue weighted by Gasteiger charge is -2.65. The van der Waals surface area contributed by atoms with Crippen LogP contribution in [0, 0.1) is 48.3 Å². The molecule has 0 bridgehead atoms. The first-order chi connectivity index (χ1) is 42.3. The Kier molecular flexibility index (Phi) is 17.5. The number of aliphatic hydroxyl groups is 1. The molecule has 6 atom stereocenters. The lowest BCUT2D eigenvalue weighted by molar-refractivity contribution is -0.161. The van der Waals surface area contributed by atoms with Crippen LogP contribution < -0.4 is 26.2 Å². The van der Waals surface area contributed by atoms with Gasteiger partial charge in [-0.2, -0.15) is 5.10 Å². The van der Waals surface area contributed by atoms with Crippen LogP contribution >= 0.6 is 22.7 Å². The van der Waals surface area contributed by atoms with Crippen molar-refractivity contribution in [3.63, 3.8) is 0 Å². The first-order valence-corrected chi connectivity index (χ1v) is 33.4. The lowest BCUT2D eigenvalue weighted by Crippen LogP contribution is -2.58. The maximum absolute atomic E-state index is 14.6. The van der Waals surface area contributed by atoms with Crippen LogP contribution in [0.4, 0.5) is 10.9 Å². The van der Waals surface area contributed by atoms with E-state index in [1.165, 1.54) is 41.9 Å². The number of nitrogens with zero attached hydrogens (tertiary/aromatic N) is 7. The summed E-state index contributed by atoms with van der Waals surface area (Å²) in [7, 11) is 0. The topological polar surface area (TPSA) is 217 Å². The maximum atomic E-state index is 14.6. The summed E-state index contributed by atoms with van der Waals surface area (Å²) in [5.74, 6) is 2.79. The molecule has 0 spiro atoms. The molecule has 0 radical (unpaired) electrons. The summed E-state index contributed by atoms with van der Waals surface area (Å²) in [5.41, 5.74) is 10.7. The minimum Gasteiger partial charge on any atom is -0.391 e. The van der Waals surface area contributed by atoms with Gasteiger partial charge in [0.2, 0.25) is 17.7 Å². The normalized spacial score (nSPS) is 22.6. The number of aryl methyl sites for hydroxylation is 1. The Hall–Kier alpha value is -7.35. The standard InChI is InChI=1S/C69H83N11O6S2/c1-40(43-21-23-45(24-22-43)61-41(2)71-39-87-61)73-64(84)55-32-49(81)36-79(55)66(86)62(68(4,5)6)76-58(82)20-11-9-8-10-14-28-70-65(85)60-50(52-35-72-80(42(52)3)38-69(7)33-47-30-46-31-48(34-69)59(46)47)25-26-57(75-60)78-29-27-44-16-15-17-51(53(44)37-78)63(83)77-67-74-54-18-12-13-19-56(54)88-67/h12-13,15-19,21-26,35,39-40,46-49,55,59,62,81H,8-11,14,20,27-34,36-38H2,1-7H3,(H,70,85)(H,73,84)(H,76,82)(H,74,77,83)/t40-,46?,47?,48?,49+,55-,59?,62+,69?/m0/s1. The molecule has 5 aliphatic rings. The monoisotopic (exact) mass is 1230 g/mol. The van der Waals surface area contributed by atoms with Crippen molar-refractivity contribution >= 4 is 73.4 Å². The maximum Gasteiger partial charge on any atom is 0.270 e. The molecule has 3 aliphatic carbocycles. The van der Waals surface area contributed by atoms with Crippen LogP contribution in [0.5, 0.6) is 0 Å². The van der Waals surface area contributed by atoms with E-state index >= 15 is 0 Å². The van der Waals surface area contributed by atoms with Gasteiger partial charge in [0.25, 0.3) is 11.8 Å².